The third-order valence-electron chi connectivity index (χ3n) is 6.89. The SMILES string of the molecule is COCCCOc1cc(C(=O)N(C[C@@H]2CNC[C@H]2CNC(=O)c2cc(Cl)ccc2OC)C(C)C)ccc1OC. The Hall–Kier alpha value is -3.01. The average Bonchev–Trinajstić information content (AvgIpc) is 3.39. The van der Waals surface area contributed by atoms with Gasteiger partial charge < -0.3 is 34.5 Å². The van der Waals surface area contributed by atoms with Crippen molar-refractivity contribution >= 4 is 23.4 Å². The number of benzene rings is 2. The van der Waals surface area contributed by atoms with Crippen molar-refractivity contribution < 1.29 is 28.5 Å². The molecule has 1 fully saturated rings. The predicted molar refractivity (Wildman–Crippen MR) is 151 cm³/mol. The van der Waals surface area contributed by atoms with E-state index in [9.17, 15) is 9.59 Å². The summed E-state index contributed by atoms with van der Waals surface area (Å²) in [6.07, 6.45) is 0.729. The van der Waals surface area contributed by atoms with Gasteiger partial charge in [0.25, 0.3) is 11.8 Å². The molecule has 1 aliphatic heterocycles. The summed E-state index contributed by atoms with van der Waals surface area (Å²) in [5, 5.41) is 6.91. The average molecular weight is 562 g/mol. The first-order valence-corrected chi connectivity index (χ1v) is 13.6. The third-order valence-corrected chi connectivity index (χ3v) is 7.12. The summed E-state index contributed by atoms with van der Waals surface area (Å²) in [4.78, 5) is 28.4. The van der Waals surface area contributed by atoms with Gasteiger partial charge in [-0.05, 0) is 62.1 Å². The van der Waals surface area contributed by atoms with Crippen molar-refractivity contribution in [2.75, 3.05) is 60.7 Å². The smallest absolute Gasteiger partial charge is 0.255 e. The van der Waals surface area contributed by atoms with Crippen LogP contribution in [0.15, 0.2) is 36.4 Å². The molecule has 2 atom stereocenters. The highest BCUT2D eigenvalue weighted by atomic mass is 35.5. The van der Waals surface area contributed by atoms with Gasteiger partial charge in [0.1, 0.15) is 5.75 Å². The summed E-state index contributed by atoms with van der Waals surface area (Å²) in [7, 11) is 4.75. The Balaban J connectivity index is 1.68. The number of nitrogens with one attached hydrogen (secondary N) is 2. The van der Waals surface area contributed by atoms with E-state index >= 15 is 0 Å². The number of halogens is 1. The molecule has 0 aromatic heterocycles. The van der Waals surface area contributed by atoms with Crippen LogP contribution in [-0.2, 0) is 4.74 Å². The molecule has 1 aliphatic rings. The number of rotatable bonds is 14. The monoisotopic (exact) mass is 561 g/mol. The first kappa shape index (κ1) is 30.5. The minimum atomic E-state index is -0.243. The molecule has 0 bridgehead atoms. The van der Waals surface area contributed by atoms with Gasteiger partial charge in [0, 0.05) is 62.9 Å². The van der Waals surface area contributed by atoms with Crippen molar-refractivity contribution in [3.8, 4) is 17.2 Å². The second kappa shape index (κ2) is 15.0. The van der Waals surface area contributed by atoms with Gasteiger partial charge in [0.05, 0.1) is 26.4 Å². The molecular weight excluding hydrogens is 522 g/mol. The zero-order chi connectivity index (χ0) is 28.4. The van der Waals surface area contributed by atoms with Crippen LogP contribution < -0.4 is 24.8 Å². The van der Waals surface area contributed by atoms with Crippen LogP contribution in [0.2, 0.25) is 5.02 Å². The van der Waals surface area contributed by atoms with E-state index in [0.717, 1.165) is 19.5 Å². The number of amides is 2. The summed E-state index contributed by atoms with van der Waals surface area (Å²) < 4.78 is 21.7. The molecule has 0 radical (unpaired) electrons. The van der Waals surface area contributed by atoms with Gasteiger partial charge >= 0.3 is 0 Å². The largest absolute Gasteiger partial charge is 0.496 e. The predicted octanol–water partition coefficient (Wildman–Crippen LogP) is 3.89. The van der Waals surface area contributed by atoms with Gasteiger partial charge in [-0.3, -0.25) is 9.59 Å². The van der Waals surface area contributed by atoms with Crippen molar-refractivity contribution in [2.24, 2.45) is 11.8 Å². The van der Waals surface area contributed by atoms with E-state index in [1.54, 1.807) is 50.6 Å². The molecule has 1 heterocycles. The van der Waals surface area contributed by atoms with E-state index in [4.69, 9.17) is 30.5 Å². The number of carbonyl (C=O) groups is 2. The van der Waals surface area contributed by atoms with Crippen LogP contribution in [0.4, 0.5) is 0 Å². The lowest BCUT2D eigenvalue weighted by Crippen LogP contribution is -2.43. The van der Waals surface area contributed by atoms with Crippen LogP contribution in [0.1, 0.15) is 41.0 Å². The van der Waals surface area contributed by atoms with Gasteiger partial charge in [-0.15, -0.1) is 0 Å². The minimum absolute atomic E-state index is 0.0164. The van der Waals surface area contributed by atoms with Gasteiger partial charge in [-0.2, -0.15) is 0 Å². The highest BCUT2D eigenvalue weighted by molar-refractivity contribution is 6.31. The second-order valence-corrected chi connectivity index (χ2v) is 10.3. The number of hydrogen-bond acceptors (Lipinski definition) is 7. The van der Waals surface area contributed by atoms with Crippen molar-refractivity contribution in [1.29, 1.82) is 0 Å². The highest BCUT2D eigenvalue weighted by Gasteiger charge is 2.32. The number of methoxy groups -OCH3 is 3. The Labute approximate surface area is 236 Å². The van der Waals surface area contributed by atoms with Crippen molar-refractivity contribution in [1.82, 2.24) is 15.5 Å². The summed E-state index contributed by atoms with van der Waals surface area (Å²) >= 11 is 6.10. The van der Waals surface area contributed by atoms with Crippen molar-refractivity contribution in [3.63, 3.8) is 0 Å². The van der Waals surface area contributed by atoms with Crippen LogP contribution in [0.25, 0.3) is 0 Å². The van der Waals surface area contributed by atoms with E-state index in [-0.39, 0.29) is 29.7 Å². The van der Waals surface area contributed by atoms with Crippen molar-refractivity contribution in [2.45, 2.75) is 26.3 Å². The molecule has 2 N–H and O–H groups in total. The molecule has 214 valence electrons. The molecule has 0 saturated carbocycles. The van der Waals surface area contributed by atoms with E-state index in [1.165, 1.54) is 7.11 Å². The number of nitrogens with zero attached hydrogens (tertiary/aromatic N) is 1. The summed E-state index contributed by atoms with van der Waals surface area (Å²) in [6, 6.07) is 10.2. The molecule has 39 heavy (non-hydrogen) atoms. The van der Waals surface area contributed by atoms with Crippen molar-refractivity contribution in [3.05, 3.63) is 52.5 Å². The second-order valence-electron chi connectivity index (χ2n) is 9.84. The summed E-state index contributed by atoms with van der Waals surface area (Å²) in [5.74, 6) is 1.58. The fourth-order valence-electron chi connectivity index (χ4n) is 4.67. The number of carbonyl (C=O) groups excluding carboxylic acids is 2. The quantitative estimate of drug-likeness (QED) is 0.338. The molecule has 2 aromatic carbocycles. The van der Waals surface area contributed by atoms with Crippen LogP contribution in [0, 0.1) is 11.8 Å². The lowest BCUT2D eigenvalue weighted by Gasteiger charge is -2.32. The first-order valence-electron chi connectivity index (χ1n) is 13.2. The summed E-state index contributed by atoms with van der Waals surface area (Å²) in [5.41, 5.74) is 0.932. The van der Waals surface area contributed by atoms with Crippen LogP contribution in [0.3, 0.4) is 0 Å². The molecule has 0 spiro atoms. The van der Waals surface area contributed by atoms with E-state index < -0.39 is 0 Å². The van der Waals surface area contributed by atoms with E-state index in [2.05, 4.69) is 10.6 Å². The molecular formula is C29H40ClN3O6. The molecule has 9 nitrogen and oxygen atoms in total. The van der Waals surface area contributed by atoms with Gasteiger partial charge in [-0.25, -0.2) is 0 Å². The lowest BCUT2D eigenvalue weighted by molar-refractivity contribution is 0.0658. The molecule has 3 rings (SSSR count). The molecule has 0 unspecified atom stereocenters. The standard InChI is InChI=1S/C29H40ClN3O6/c1-19(2)33(29(35)20-7-9-26(38-5)27(13-20)39-12-6-11-36-3)18-22-16-31-15-21(22)17-32-28(34)24-14-23(30)8-10-25(24)37-4/h7-10,13-14,19,21-22,31H,6,11-12,15-18H2,1-5H3,(H,32,34)/t21-,22-/m0/s1. The summed E-state index contributed by atoms with van der Waals surface area (Å²) in [6.45, 7) is 7.59. The maximum Gasteiger partial charge on any atom is 0.255 e. The van der Waals surface area contributed by atoms with E-state index in [1.807, 2.05) is 18.7 Å². The Morgan fingerprint density at radius 3 is 2.41 bits per heavy atom. The topological polar surface area (TPSA) is 98.4 Å². The molecule has 10 heteroatoms. The Morgan fingerprint density at radius 2 is 1.72 bits per heavy atom. The van der Waals surface area contributed by atoms with Crippen LogP contribution in [0.5, 0.6) is 17.2 Å². The first-order chi connectivity index (χ1) is 18.8. The van der Waals surface area contributed by atoms with Gasteiger partial charge in [0.15, 0.2) is 11.5 Å². The van der Waals surface area contributed by atoms with E-state index in [0.29, 0.717) is 59.7 Å². The highest BCUT2D eigenvalue weighted by Crippen LogP contribution is 2.30. The third kappa shape index (κ3) is 8.24. The Bertz CT molecular complexity index is 1110. The number of ether oxygens (including phenoxy) is 4. The fourth-order valence-corrected chi connectivity index (χ4v) is 4.84. The molecule has 2 aromatic rings. The Kier molecular flexibility index (Phi) is 11.7. The molecule has 1 saturated heterocycles. The lowest BCUT2D eigenvalue weighted by atomic mass is 9.94. The fraction of sp³-hybridized carbons (Fsp3) is 0.517. The minimum Gasteiger partial charge on any atom is -0.496 e. The molecule has 2 amide bonds. The maximum atomic E-state index is 13.7. The number of hydrogen-bond donors (Lipinski definition) is 2. The van der Waals surface area contributed by atoms with Crippen LogP contribution >= 0.6 is 11.6 Å². The maximum absolute atomic E-state index is 13.7. The molecule has 0 aliphatic carbocycles. The van der Waals surface area contributed by atoms with Gasteiger partial charge in [-0.1, -0.05) is 11.6 Å². The Morgan fingerprint density at radius 1 is 1.00 bits per heavy atom. The normalized spacial score (nSPS) is 16.7. The zero-order valence-electron chi connectivity index (χ0n) is 23.4. The zero-order valence-corrected chi connectivity index (χ0v) is 24.2. The van der Waals surface area contributed by atoms with Crippen LogP contribution in [-0.4, -0.2) is 83.5 Å². The van der Waals surface area contributed by atoms with Gasteiger partial charge in [0.2, 0.25) is 0 Å².